The van der Waals surface area contributed by atoms with E-state index in [0.29, 0.717) is 5.41 Å². The average molecular weight is 333 g/mol. The first-order valence-electron chi connectivity index (χ1n) is 7.87. The molecular weight excluding hydrogens is 310 g/mol. The van der Waals surface area contributed by atoms with E-state index in [2.05, 4.69) is 56.5 Å². The van der Waals surface area contributed by atoms with Crippen molar-refractivity contribution in [1.82, 2.24) is 0 Å². The maximum Gasteiger partial charge on any atom is 0.263 e. The van der Waals surface area contributed by atoms with Crippen LogP contribution < -0.4 is 4.57 Å². The van der Waals surface area contributed by atoms with Crippen molar-refractivity contribution in [2.24, 2.45) is 5.41 Å². The maximum atomic E-state index is 6.17. The molecule has 22 heavy (non-hydrogen) atoms. The van der Waals surface area contributed by atoms with Crippen LogP contribution in [0.2, 0.25) is 5.02 Å². The van der Waals surface area contributed by atoms with Crippen molar-refractivity contribution in [2.45, 2.75) is 47.1 Å². The molecule has 0 unspecified atom stereocenters. The molecule has 0 aliphatic heterocycles. The van der Waals surface area contributed by atoms with Gasteiger partial charge in [0.05, 0.1) is 0 Å². The molecule has 1 heterocycles. The first kappa shape index (κ1) is 15.8. The zero-order valence-electron chi connectivity index (χ0n) is 13.7. The average Bonchev–Trinajstić information content (AvgIpc) is 2.72. The summed E-state index contributed by atoms with van der Waals surface area (Å²) in [6.07, 6.45) is 7.07. The molecule has 0 N–H and O–H groups in total. The molecule has 0 radical (unpaired) electrons. The van der Waals surface area contributed by atoms with Crippen molar-refractivity contribution in [1.29, 1.82) is 0 Å². The van der Waals surface area contributed by atoms with Gasteiger partial charge in [-0.05, 0) is 49.8 Å². The highest BCUT2D eigenvalue weighted by Crippen LogP contribution is 2.38. The van der Waals surface area contributed by atoms with Crippen LogP contribution in [0.25, 0.3) is 16.3 Å². The Morgan fingerprint density at radius 3 is 2.77 bits per heavy atom. The van der Waals surface area contributed by atoms with Gasteiger partial charge in [-0.25, -0.2) is 0 Å². The van der Waals surface area contributed by atoms with E-state index < -0.39 is 0 Å². The van der Waals surface area contributed by atoms with E-state index in [0.717, 1.165) is 18.0 Å². The molecule has 0 fully saturated rings. The SMILES string of the molecule is CC[n+]1c(C=C2C=C(C)CC(C)(C)C2)sc2ccc(Cl)cc21. The molecule has 0 bridgehead atoms. The van der Waals surface area contributed by atoms with E-state index in [9.17, 15) is 0 Å². The Hall–Kier alpha value is -1.12. The highest BCUT2D eigenvalue weighted by Gasteiger charge is 2.25. The van der Waals surface area contributed by atoms with Crippen molar-refractivity contribution >= 4 is 39.2 Å². The van der Waals surface area contributed by atoms with Gasteiger partial charge in [-0.3, -0.25) is 0 Å². The summed E-state index contributed by atoms with van der Waals surface area (Å²) in [4.78, 5) is 0. The number of benzene rings is 1. The lowest BCUT2D eigenvalue weighted by Gasteiger charge is -2.29. The number of rotatable bonds is 2. The fourth-order valence-corrected chi connectivity index (χ4v) is 4.90. The molecule has 2 aromatic rings. The minimum absolute atomic E-state index is 0.363. The molecule has 0 saturated heterocycles. The lowest BCUT2D eigenvalue weighted by atomic mass is 9.75. The predicted molar refractivity (Wildman–Crippen MR) is 97.5 cm³/mol. The van der Waals surface area contributed by atoms with Gasteiger partial charge >= 0.3 is 0 Å². The van der Waals surface area contributed by atoms with Crippen molar-refractivity contribution in [3.8, 4) is 0 Å². The molecular formula is C19H23ClNS+. The van der Waals surface area contributed by atoms with Crippen molar-refractivity contribution in [3.63, 3.8) is 0 Å². The molecule has 0 atom stereocenters. The van der Waals surface area contributed by atoms with Gasteiger partial charge in [0.25, 0.3) is 5.01 Å². The van der Waals surface area contributed by atoms with Crippen LogP contribution >= 0.6 is 22.9 Å². The molecule has 1 aromatic carbocycles. The van der Waals surface area contributed by atoms with Crippen LogP contribution in [0.5, 0.6) is 0 Å². The number of aryl methyl sites for hydroxylation is 1. The third-order valence-electron chi connectivity index (χ3n) is 4.19. The van der Waals surface area contributed by atoms with E-state index in [-0.39, 0.29) is 0 Å². The molecule has 116 valence electrons. The lowest BCUT2D eigenvalue weighted by Crippen LogP contribution is -2.33. The largest absolute Gasteiger partial charge is 0.263 e. The van der Waals surface area contributed by atoms with Crippen molar-refractivity contribution in [3.05, 3.63) is 45.5 Å². The Balaban J connectivity index is 2.10. The van der Waals surface area contributed by atoms with Crippen molar-refractivity contribution in [2.75, 3.05) is 0 Å². The standard InChI is InChI=1S/C19H23ClNS/c1-5-21-16-10-15(20)6-7-17(16)22-18(21)9-14-8-13(2)11-19(3,4)12-14/h6-10H,5,11-12H2,1-4H3/q+1. The molecule has 1 aromatic heterocycles. The Bertz CT molecular complexity index is 780. The molecule has 0 saturated carbocycles. The first-order chi connectivity index (χ1) is 10.4. The maximum absolute atomic E-state index is 6.17. The van der Waals surface area contributed by atoms with Gasteiger partial charge < -0.3 is 0 Å². The monoisotopic (exact) mass is 332 g/mol. The molecule has 1 aliphatic carbocycles. The van der Waals surface area contributed by atoms with Gasteiger partial charge in [0.15, 0.2) is 0 Å². The molecule has 0 spiro atoms. The van der Waals surface area contributed by atoms with Crippen LogP contribution in [0.4, 0.5) is 0 Å². The van der Waals surface area contributed by atoms with Gasteiger partial charge in [-0.15, -0.1) is 0 Å². The van der Waals surface area contributed by atoms with Gasteiger partial charge in [-0.1, -0.05) is 48.4 Å². The zero-order chi connectivity index (χ0) is 15.9. The fraction of sp³-hybridized carbons (Fsp3) is 0.421. The molecule has 3 rings (SSSR count). The normalized spacial score (nSPS) is 19.7. The van der Waals surface area contributed by atoms with E-state index >= 15 is 0 Å². The number of thiazole rings is 1. The van der Waals surface area contributed by atoms with E-state index in [1.165, 1.54) is 32.8 Å². The molecule has 1 nitrogen and oxygen atoms in total. The van der Waals surface area contributed by atoms with Gasteiger partial charge in [0.2, 0.25) is 5.52 Å². The topological polar surface area (TPSA) is 3.88 Å². The smallest absolute Gasteiger partial charge is 0.182 e. The number of halogens is 1. The molecule has 3 heteroatoms. The van der Waals surface area contributed by atoms with Gasteiger partial charge in [-0.2, -0.15) is 4.57 Å². The summed E-state index contributed by atoms with van der Waals surface area (Å²) >= 11 is 8.02. The summed E-state index contributed by atoms with van der Waals surface area (Å²) in [7, 11) is 0. The van der Waals surface area contributed by atoms with Gasteiger partial charge in [0.1, 0.15) is 11.2 Å². The van der Waals surface area contributed by atoms with Crippen LogP contribution in [-0.4, -0.2) is 0 Å². The number of allylic oxidation sites excluding steroid dienone is 3. The highest BCUT2D eigenvalue weighted by atomic mass is 35.5. The summed E-state index contributed by atoms with van der Waals surface area (Å²) in [6, 6.07) is 6.18. The Morgan fingerprint density at radius 1 is 1.32 bits per heavy atom. The van der Waals surface area contributed by atoms with Crippen molar-refractivity contribution < 1.29 is 4.57 Å². The van der Waals surface area contributed by atoms with Crippen LogP contribution in [0.3, 0.4) is 0 Å². The highest BCUT2D eigenvalue weighted by molar-refractivity contribution is 7.18. The van der Waals surface area contributed by atoms with E-state index in [1.54, 1.807) is 0 Å². The van der Waals surface area contributed by atoms with Gasteiger partial charge in [0, 0.05) is 17.2 Å². The fourth-order valence-electron chi connectivity index (χ4n) is 3.55. The van der Waals surface area contributed by atoms with E-state index in [4.69, 9.17) is 11.6 Å². The summed E-state index contributed by atoms with van der Waals surface area (Å²) in [6.45, 7) is 10.1. The summed E-state index contributed by atoms with van der Waals surface area (Å²) < 4.78 is 3.66. The Kier molecular flexibility index (Phi) is 4.17. The third kappa shape index (κ3) is 3.13. The number of aromatic nitrogens is 1. The second-order valence-corrected chi connectivity index (χ2v) is 8.52. The third-order valence-corrected chi connectivity index (χ3v) is 5.54. The zero-order valence-corrected chi connectivity index (χ0v) is 15.3. The summed E-state index contributed by atoms with van der Waals surface area (Å²) in [5.74, 6) is 0. The number of fused-ring (bicyclic) bond motifs is 1. The second-order valence-electron chi connectivity index (χ2n) is 7.02. The minimum atomic E-state index is 0.363. The Labute approximate surface area is 141 Å². The quantitative estimate of drug-likeness (QED) is 0.593. The second kappa shape index (κ2) is 5.82. The lowest BCUT2D eigenvalue weighted by molar-refractivity contribution is -0.665. The van der Waals surface area contributed by atoms with Crippen LogP contribution in [0, 0.1) is 5.41 Å². The first-order valence-corrected chi connectivity index (χ1v) is 9.07. The number of nitrogens with zero attached hydrogens (tertiary/aromatic N) is 1. The summed E-state index contributed by atoms with van der Waals surface area (Å²) in [5, 5.41) is 2.12. The molecule has 0 amide bonds. The van der Waals surface area contributed by atoms with Crippen LogP contribution in [-0.2, 0) is 6.54 Å². The van der Waals surface area contributed by atoms with Crippen LogP contribution in [0.15, 0.2) is 35.4 Å². The van der Waals surface area contributed by atoms with Crippen LogP contribution in [0.1, 0.15) is 45.5 Å². The Morgan fingerprint density at radius 2 is 2.09 bits per heavy atom. The molecule has 1 aliphatic rings. The predicted octanol–water partition coefficient (Wildman–Crippen LogP) is 6.01. The minimum Gasteiger partial charge on any atom is -0.182 e. The van der Waals surface area contributed by atoms with E-state index in [1.807, 2.05) is 17.4 Å². The number of hydrogen-bond donors (Lipinski definition) is 0. The summed E-state index contributed by atoms with van der Waals surface area (Å²) in [5.41, 5.74) is 4.52. The number of hydrogen-bond acceptors (Lipinski definition) is 1.